The molecule has 2 heteroatoms. The molecule has 0 aliphatic rings. The molecule has 0 fully saturated rings. The fourth-order valence-electron chi connectivity index (χ4n) is 0.831. The Kier molecular flexibility index (Phi) is 7.47. The maximum atomic E-state index is 4.15. The zero-order valence-corrected chi connectivity index (χ0v) is 8.01. The summed E-state index contributed by atoms with van der Waals surface area (Å²) in [6, 6.07) is 0. The molecule has 0 spiro atoms. The van der Waals surface area contributed by atoms with E-state index in [1.165, 1.54) is 13.0 Å². The van der Waals surface area contributed by atoms with Crippen molar-refractivity contribution in [2.75, 3.05) is 26.7 Å². The molecule has 0 aliphatic carbocycles. The highest BCUT2D eigenvalue weighted by molar-refractivity contribution is 5.56. The summed E-state index contributed by atoms with van der Waals surface area (Å²) in [5.41, 5.74) is 0. The number of unbranched alkanes of at least 4 members (excludes halogenated alkanes) is 1. The second-order valence-corrected chi connectivity index (χ2v) is 2.72. The van der Waals surface area contributed by atoms with E-state index in [1.807, 2.05) is 6.21 Å². The van der Waals surface area contributed by atoms with E-state index in [0.717, 1.165) is 19.5 Å². The van der Waals surface area contributed by atoms with Crippen molar-refractivity contribution in [2.45, 2.75) is 26.7 Å². The maximum Gasteiger partial charge on any atom is 0.0357 e. The second-order valence-electron chi connectivity index (χ2n) is 2.72. The molecule has 66 valence electrons. The number of nitrogens with zero attached hydrogens (tertiary/aromatic N) is 2. The van der Waals surface area contributed by atoms with Gasteiger partial charge in [-0.05, 0) is 46.1 Å². The van der Waals surface area contributed by atoms with Gasteiger partial charge in [-0.25, -0.2) is 0 Å². The predicted molar refractivity (Wildman–Crippen MR) is 51.4 cm³/mol. The third-order valence-electron chi connectivity index (χ3n) is 1.72. The average molecular weight is 156 g/mol. The van der Waals surface area contributed by atoms with Crippen LogP contribution in [0.25, 0.3) is 0 Å². The van der Waals surface area contributed by atoms with E-state index in [4.69, 9.17) is 0 Å². The van der Waals surface area contributed by atoms with Gasteiger partial charge in [0.15, 0.2) is 0 Å². The van der Waals surface area contributed by atoms with Gasteiger partial charge in [-0.15, -0.1) is 0 Å². The minimum absolute atomic E-state index is 0.920. The molecule has 0 saturated heterocycles. The molecule has 2 nitrogen and oxygen atoms in total. The lowest BCUT2D eigenvalue weighted by Gasteiger charge is -2.11. The molecule has 0 aliphatic heterocycles. The van der Waals surface area contributed by atoms with Crippen LogP contribution in [0.1, 0.15) is 26.7 Å². The van der Waals surface area contributed by atoms with Crippen molar-refractivity contribution in [1.29, 1.82) is 0 Å². The number of rotatable bonds is 6. The van der Waals surface area contributed by atoms with Gasteiger partial charge in [-0.1, -0.05) is 6.92 Å². The van der Waals surface area contributed by atoms with Gasteiger partial charge >= 0.3 is 0 Å². The van der Waals surface area contributed by atoms with Gasteiger partial charge in [-0.3, -0.25) is 4.99 Å². The average Bonchev–Trinajstić information content (AvgIpc) is 2.04. The summed E-state index contributed by atoms with van der Waals surface area (Å²) in [6.45, 7) is 7.50. The lowest BCUT2D eigenvalue weighted by atomic mass is 10.3. The monoisotopic (exact) mass is 156 g/mol. The molecule has 0 bridgehead atoms. The zero-order chi connectivity index (χ0) is 8.53. The number of hydrogen-bond donors (Lipinski definition) is 0. The molecule has 0 saturated carbocycles. The molecule has 0 aromatic heterocycles. The lowest BCUT2D eigenvalue weighted by molar-refractivity contribution is 0.350. The van der Waals surface area contributed by atoms with Crippen molar-refractivity contribution >= 4 is 6.21 Å². The van der Waals surface area contributed by atoms with Gasteiger partial charge in [-0.2, -0.15) is 0 Å². The molecule has 0 aromatic carbocycles. The van der Waals surface area contributed by atoms with Crippen LogP contribution in [0.15, 0.2) is 4.99 Å². The summed E-state index contributed by atoms with van der Waals surface area (Å²) in [4.78, 5) is 6.47. The first-order valence-corrected chi connectivity index (χ1v) is 4.48. The molecule has 0 aromatic rings. The summed E-state index contributed by atoms with van der Waals surface area (Å²) >= 11 is 0. The van der Waals surface area contributed by atoms with Crippen molar-refractivity contribution < 1.29 is 0 Å². The van der Waals surface area contributed by atoms with Gasteiger partial charge in [0.1, 0.15) is 0 Å². The molecule has 0 radical (unpaired) electrons. The Hall–Kier alpha value is -0.370. The molecule has 0 unspecified atom stereocenters. The molecule has 0 atom stereocenters. The normalized spacial score (nSPS) is 11.6. The molecule has 0 rings (SSSR count). The summed E-state index contributed by atoms with van der Waals surface area (Å²) in [6.07, 6.45) is 4.38. The fourth-order valence-corrected chi connectivity index (χ4v) is 0.831. The van der Waals surface area contributed by atoms with Crippen LogP contribution in [-0.4, -0.2) is 37.8 Å². The van der Waals surface area contributed by atoms with Gasteiger partial charge in [0.2, 0.25) is 0 Å². The lowest BCUT2D eigenvalue weighted by Crippen LogP contribution is -2.18. The van der Waals surface area contributed by atoms with Crippen LogP contribution < -0.4 is 0 Å². The van der Waals surface area contributed by atoms with Crippen LogP contribution in [-0.2, 0) is 0 Å². The molecule has 0 N–H and O–H groups in total. The Morgan fingerprint density at radius 1 is 1.36 bits per heavy atom. The topological polar surface area (TPSA) is 15.6 Å². The van der Waals surface area contributed by atoms with Crippen molar-refractivity contribution in [3.63, 3.8) is 0 Å². The Balaban J connectivity index is 3.07. The number of hydrogen-bond acceptors (Lipinski definition) is 2. The van der Waals surface area contributed by atoms with Gasteiger partial charge < -0.3 is 4.90 Å². The first-order valence-electron chi connectivity index (χ1n) is 4.48. The van der Waals surface area contributed by atoms with E-state index in [1.54, 1.807) is 0 Å². The summed E-state index contributed by atoms with van der Waals surface area (Å²) in [5.74, 6) is 0. The highest BCUT2D eigenvalue weighted by Crippen LogP contribution is 1.89. The Morgan fingerprint density at radius 2 is 2.09 bits per heavy atom. The summed E-state index contributed by atoms with van der Waals surface area (Å²) in [7, 11) is 2.15. The van der Waals surface area contributed by atoms with E-state index in [9.17, 15) is 0 Å². The Labute approximate surface area is 70.3 Å². The van der Waals surface area contributed by atoms with Crippen LogP contribution in [0, 0.1) is 0 Å². The first-order chi connectivity index (χ1) is 5.31. The van der Waals surface area contributed by atoms with Crippen molar-refractivity contribution in [2.24, 2.45) is 4.99 Å². The first kappa shape index (κ1) is 10.6. The summed E-state index contributed by atoms with van der Waals surface area (Å²) in [5, 5.41) is 0. The summed E-state index contributed by atoms with van der Waals surface area (Å²) < 4.78 is 0. The molecule has 0 amide bonds. The number of aliphatic imine (C=N–C) groups is 1. The van der Waals surface area contributed by atoms with Crippen LogP contribution in [0.3, 0.4) is 0 Å². The minimum Gasteiger partial charge on any atom is -0.307 e. The predicted octanol–water partition coefficient (Wildman–Crippen LogP) is 1.81. The Bertz CT molecular complexity index is 99.7. The van der Waals surface area contributed by atoms with E-state index < -0.39 is 0 Å². The van der Waals surface area contributed by atoms with Crippen LogP contribution in [0.4, 0.5) is 0 Å². The van der Waals surface area contributed by atoms with Gasteiger partial charge in [0.05, 0.1) is 0 Å². The molecule has 0 heterocycles. The second kappa shape index (κ2) is 7.73. The van der Waals surface area contributed by atoms with Crippen molar-refractivity contribution in [1.82, 2.24) is 4.90 Å². The van der Waals surface area contributed by atoms with E-state index in [-0.39, 0.29) is 0 Å². The maximum absolute atomic E-state index is 4.15. The van der Waals surface area contributed by atoms with Crippen molar-refractivity contribution in [3.05, 3.63) is 0 Å². The Morgan fingerprint density at radius 3 is 2.64 bits per heavy atom. The largest absolute Gasteiger partial charge is 0.307 e. The van der Waals surface area contributed by atoms with Gasteiger partial charge in [0.25, 0.3) is 0 Å². The van der Waals surface area contributed by atoms with Crippen molar-refractivity contribution in [3.8, 4) is 0 Å². The smallest absolute Gasteiger partial charge is 0.0357 e. The van der Waals surface area contributed by atoms with E-state index >= 15 is 0 Å². The van der Waals surface area contributed by atoms with Gasteiger partial charge in [0, 0.05) is 6.54 Å². The van der Waals surface area contributed by atoms with Crippen LogP contribution in [0.5, 0.6) is 0 Å². The standard InChI is InChI=1S/C9H20N2/c1-4-10-8-6-7-9-11(3)5-2/h8H,4-7,9H2,1-3H3/b10-8-. The quantitative estimate of drug-likeness (QED) is 0.423. The van der Waals surface area contributed by atoms with E-state index in [0.29, 0.717) is 0 Å². The highest BCUT2D eigenvalue weighted by atomic mass is 15.1. The third-order valence-corrected chi connectivity index (χ3v) is 1.72. The molecular formula is C9H20N2. The van der Waals surface area contributed by atoms with E-state index in [2.05, 4.69) is 30.8 Å². The minimum atomic E-state index is 0.920. The fraction of sp³-hybridized carbons (Fsp3) is 0.889. The highest BCUT2D eigenvalue weighted by Gasteiger charge is 1.91. The van der Waals surface area contributed by atoms with Crippen LogP contribution >= 0.6 is 0 Å². The third kappa shape index (κ3) is 7.53. The van der Waals surface area contributed by atoms with Crippen LogP contribution in [0.2, 0.25) is 0 Å². The zero-order valence-electron chi connectivity index (χ0n) is 8.01. The SMILES string of the molecule is CC/N=C\CCCN(C)CC. The molecular weight excluding hydrogens is 136 g/mol. The molecule has 11 heavy (non-hydrogen) atoms.